The van der Waals surface area contributed by atoms with Crippen LogP contribution in [0.4, 0.5) is 10.5 Å². The Morgan fingerprint density at radius 3 is 2.57 bits per heavy atom. The molecule has 72 valence electrons. The lowest BCUT2D eigenvalue weighted by Crippen LogP contribution is -2.24. The second-order valence-electron chi connectivity index (χ2n) is 2.42. The monoisotopic (exact) mass is 207 g/mol. The maximum absolute atomic E-state index is 10.9. The van der Waals surface area contributed by atoms with Crippen LogP contribution in [0, 0.1) is 10.7 Å². The second kappa shape index (κ2) is 5.14. The summed E-state index contributed by atoms with van der Waals surface area (Å²) in [5.41, 5.74) is 0.701. The predicted octanol–water partition coefficient (Wildman–Crippen LogP) is 2.01. The molecule has 0 fully saturated rings. The molecule has 0 saturated carbocycles. The zero-order chi connectivity index (χ0) is 10.4. The number of nitrogens with one attached hydrogen (secondary N) is 2. The highest BCUT2D eigenvalue weighted by Gasteiger charge is 1.98. The highest BCUT2D eigenvalue weighted by molar-refractivity contribution is 8.03. The van der Waals surface area contributed by atoms with Crippen molar-refractivity contribution in [2.24, 2.45) is 0 Å². The molecule has 0 unspecified atom stereocenters. The summed E-state index contributed by atoms with van der Waals surface area (Å²) >= 11 is 1.09. The van der Waals surface area contributed by atoms with Crippen LogP contribution in [0.2, 0.25) is 0 Å². The standard InChI is InChI=1S/C9H9N3OS/c1-11-9(13)12-7-2-4-8(5-3-7)14-6-10/h2-5H,1H3,(H2,11,12,13). The minimum Gasteiger partial charge on any atom is -0.341 e. The van der Waals surface area contributed by atoms with Crippen molar-refractivity contribution in [1.29, 1.82) is 5.26 Å². The maximum Gasteiger partial charge on any atom is 0.318 e. The van der Waals surface area contributed by atoms with Crippen LogP contribution in [-0.4, -0.2) is 13.1 Å². The van der Waals surface area contributed by atoms with Crippen molar-refractivity contribution in [1.82, 2.24) is 5.32 Å². The van der Waals surface area contributed by atoms with Gasteiger partial charge in [-0.2, -0.15) is 5.26 Å². The number of carbonyl (C=O) groups excluding carboxylic acids is 1. The molecule has 0 heterocycles. The van der Waals surface area contributed by atoms with E-state index in [1.807, 2.05) is 5.40 Å². The fraction of sp³-hybridized carbons (Fsp3) is 0.111. The van der Waals surface area contributed by atoms with Gasteiger partial charge in [0.2, 0.25) is 0 Å². The van der Waals surface area contributed by atoms with Crippen LogP contribution in [0.3, 0.4) is 0 Å². The molecule has 1 rings (SSSR count). The quantitative estimate of drug-likeness (QED) is 0.576. The third-order valence-electron chi connectivity index (χ3n) is 1.50. The Kier molecular flexibility index (Phi) is 3.83. The summed E-state index contributed by atoms with van der Waals surface area (Å²) in [6.45, 7) is 0. The van der Waals surface area contributed by atoms with E-state index in [0.717, 1.165) is 16.7 Å². The summed E-state index contributed by atoms with van der Waals surface area (Å²) in [6, 6.07) is 6.79. The summed E-state index contributed by atoms with van der Waals surface area (Å²) in [4.78, 5) is 11.8. The number of nitriles is 1. The number of hydrogen-bond donors (Lipinski definition) is 2. The van der Waals surface area contributed by atoms with E-state index < -0.39 is 0 Å². The highest BCUT2D eigenvalue weighted by Crippen LogP contribution is 2.18. The largest absolute Gasteiger partial charge is 0.341 e. The molecule has 0 atom stereocenters. The number of carbonyl (C=O) groups is 1. The van der Waals surface area contributed by atoms with Crippen molar-refractivity contribution in [3.8, 4) is 5.40 Å². The number of amides is 2. The molecule has 0 aliphatic rings. The summed E-state index contributed by atoms with van der Waals surface area (Å²) in [7, 11) is 1.55. The summed E-state index contributed by atoms with van der Waals surface area (Å²) < 4.78 is 0. The number of nitrogens with zero attached hydrogens (tertiary/aromatic N) is 1. The smallest absolute Gasteiger partial charge is 0.318 e. The van der Waals surface area contributed by atoms with Gasteiger partial charge in [0, 0.05) is 17.6 Å². The Morgan fingerprint density at radius 1 is 1.43 bits per heavy atom. The average Bonchev–Trinajstić information content (AvgIpc) is 2.21. The molecule has 0 aliphatic carbocycles. The SMILES string of the molecule is CNC(=O)Nc1ccc(SC#N)cc1. The number of urea groups is 1. The van der Waals surface area contributed by atoms with Gasteiger partial charge in [0.1, 0.15) is 5.40 Å². The lowest BCUT2D eigenvalue weighted by atomic mass is 10.3. The number of thioether (sulfide) groups is 1. The Morgan fingerprint density at radius 2 is 2.07 bits per heavy atom. The van der Waals surface area contributed by atoms with Gasteiger partial charge >= 0.3 is 6.03 Å². The topological polar surface area (TPSA) is 64.9 Å². The van der Waals surface area contributed by atoms with Crippen LogP contribution >= 0.6 is 11.8 Å². The molecule has 2 amide bonds. The second-order valence-corrected chi connectivity index (χ2v) is 3.28. The number of anilines is 1. The molecule has 1 aromatic carbocycles. The van der Waals surface area contributed by atoms with Crippen molar-refractivity contribution in [3.63, 3.8) is 0 Å². The van der Waals surface area contributed by atoms with E-state index in [4.69, 9.17) is 5.26 Å². The molecule has 1 aromatic rings. The van der Waals surface area contributed by atoms with Crippen molar-refractivity contribution in [2.75, 3.05) is 12.4 Å². The molecule has 0 spiro atoms. The van der Waals surface area contributed by atoms with Gasteiger partial charge < -0.3 is 10.6 Å². The van der Waals surface area contributed by atoms with E-state index in [1.54, 1.807) is 31.3 Å². The maximum atomic E-state index is 10.9. The third-order valence-corrected chi connectivity index (χ3v) is 2.10. The molecule has 0 aliphatic heterocycles. The van der Waals surface area contributed by atoms with Crippen molar-refractivity contribution in [2.45, 2.75) is 4.90 Å². The van der Waals surface area contributed by atoms with Crippen molar-refractivity contribution >= 4 is 23.5 Å². The Hall–Kier alpha value is -1.67. The minimum absolute atomic E-state index is 0.259. The van der Waals surface area contributed by atoms with Gasteiger partial charge in [0.05, 0.1) is 0 Å². The molecular weight excluding hydrogens is 198 g/mol. The zero-order valence-electron chi connectivity index (χ0n) is 7.57. The molecular formula is C9H9N3OS. The highest BCUT2D eigenvalue weighted by atomic mass is 32.2. The normalized spacial score (nSPS) is 8.86. The molecule has 0 aromatic heterocycles. The van der Waals surface area contributed by atoms with E-state index in [-0.39, 0.29) is 6.03 Å². The molecule has 0 bridgehead atoms. The van der Waals surface area contributed by atoms with Gasteiger partial charge in [-0.05, 0) is 36.0 Å². The first kappa shape index (κ1) is 10.4. The zero-order valence-corrected chi connectivity index (χ0v) is 8.39. The number of thiocyanates is 1. The molecule has 2 N–H and O–H groups in total. The van der Waals surface area contributed by atoms with Crippen molar-refractivity contribution in [3.05, 3.63) is 24.3 Å². The molecule has 0 saturated heterocycles. The van der Waals surface area contributed by atoms with E-state index >= 15 is 0 Å². The summed E-state index contributed by atoms with van der Waals surface area (Å²) in [5, 5.41) is 15.4. The van der Waals surface area contributed by atoms with Crippen LogP contribution in [0.5, 0.6) is 0 Å². The first-order chi connectivity index (χ1) is 6.76. The van der Waals surface area contributed by atoms with Gasteiger partial charge in [0.25, 0.3) is 0 Å². The average molecular weight is 207 g/mol. The van der Waals surface area contributed by atoms with Gasteiger partial charge in [-0.3, -0.25) is 0 Å². The first-order valence-corrected chi connectivity index (χ1v) is 4.72. The van der Waals surface area contributed by atoms with E-state index in [0.29, 0.717) is 5.69 Å². The fourth-order valence-corrected chi connectivity index (χ4v) is 1.23. The summed E-state index contributed by atoms with van der Waals surface area (Å²) in [6.07, 6.45) is 0. The Bertz CT molecular complexity index is 355. The van der Waals surface area contributed by atoms with E-state index in [1.165, 1.54) is 0 Å². The van der Waals surface area contributed by atoms with E-state index in [2.05, 4.69) is 10.6 Å². The van der Waals surface area contributed by atoms with Gasteiger partial charge in [-0.25, -0.2) is 4.79 Å². The van der Waals surface area contributed by atoms with Gasteiger partial charge in [0.15, 0.2) is 0 Å². The summed E-state index contributed by atoms with van der Waals surface area (Å²) in [5.74, 6) is 0. The van der Waals surface area contributed by atoms with Crippen LogP contribution in [0.25, 0.3) is 0 Å². The fourth-order valence-electron chi connectivity index (χ4n) is 0.853. The Labute approximate surface area is 86.3 Å². The predicted molar refractivity (Wildman–Crippen MR) is 56.0 cm³/mol. The molecule has 14 heavy (non-hydrogen) atoms. The van der Waals surface area contributed by atoms with Crippen LogP contribution in [-0.2, 0) is 0 Å². The molecule has 0 radical (unpaired) electrons. The van der Waals surface area contributed by atoms with Crippen LogP contribution in [0.1, 0.15) is 0 Å². The Balaban J connectivity index is 2.65. The van der Waals surface area contributed by atoms with Gasteiger partial charge in [-0.15, -0.1) is 0 Å². The first-order valence-electron chi connectivity index (χ1n) is 3.91. The van der Waals surface area contributed by atoms with Crippen LogP contribution < -0.4 is 10.6 Å². The van der Waals surface area contributed by atoms with E-state index in [9.17, 15) is 4.79 Å². The lowest BCUT2D eigenvalue weighted by molar-refractivity contribution is 0.254. The molecule has 4 nitrogen and oxygen atoms in total. The molecule has 5 heteroatoms. The number of benzene rings is 1. The number of hydrogen-bond acceptors (Lipinski definition) is 3. The van der Waals surface area contributed by atoms with Gasteiger partial charge in [-0.1, -0.05) is 0 Å². The third kappa shape index (κ3) is 2.99. The lowest BCUT2D eigenvalue weighted by Gasteiger charge is -2.03. The van der Waals surface area contributed by atoms with Crippen molar-refractivity contribution < 1.29 is 4.79 Å². The number of rotatable bonds is 2. The minimum atomic E-state index is -0.259. The van der Waals surface area contributed by atoms with Crippen LogP contribution in [0.15, 0.2) is 29.2 Å².